The van der Waals surface area contributed by atoms with Gasteiger partial charge in [0.25, 0.3) is 0 Å². The molecule has 3 heteroatoms. The zero-order chi connectivity index (χ0) is 9.90. The number of hydroxylamine groups is 1. The minimum atomic E-state index is 0.242. The van der Waals surface area contributed by atoms with Crippen LogP contribution >= 0.6 is 0 Å². The molecule has 3 nitrogen and oxygen atoms in total. The quantitative estimate of drug-likeness (QED) is 0.665. The summed E-state index contributed by atoms with van der Waals surface area (Å²) in [6.45, 7) is 7.32. The van der Waals surface area contributed by atoms with Crippen LogP contribution < -0.4 is 5.48 Å². The molecule has 1 saturated carbocycles. The van der Waals surface area contributed by atoms with Gasteiger partial charge >= 0.3 is 0 Å². The molecule has 0 bridgehead atoms. The van der Waals surface area contributed by atoms with E-state index >= 15 is 0 Å². The van der Waals surface area contributed by atoms with E-state index in [1.165, 1.54) is 0 Å². The lowest BCUT2D eigenvalue weighted by Gasteiger charge is -2.53. The zero-order valence-electron chi connectivity index (χ0n) is 9.09. The van der Waals surface area contributed by atoms with Crippen LogP contribution in [0.15, 0.2) is 0 Å². The highest BCUT2D eigenvalue weighted by Crippen LogP contribution is 2.45. The molecule has 3 atom stereocenters. The van der Waals surface area contributed by atoms with Crippen molar-refractivity contribution in [2.75, 3.05) is 13.7 Å². The highest BCUT2D eigenvalue weighted by atomic mass is 16.6. The summed E-state index contributed by atoms with van der Waals surface area (Å²) in [4.78, 5) is 4.96. The van der Waals surface area contributed by atoms with E-state index in [4.69, 9.17) is 9.57 Å². The molecule has 1 rings (SSSR count). The van der Waals surface area contributed by atoms with Gasteiger partial charge in [-0.05, 0) is 19.8 Å². The van der Waals surface area contributed by atoms with E-state index in [0.717, 1.165) is 19.4 Å². The fourth-order valence-corrected chi connectivity index (χ4v) is 2.08. The molecule has 0 spiro atoms. The predicted octanol–water partition coefficient (Wildman–Crippen LogP) is 1.73. The topological polar surface area (TPSA) is 30.5 Å². The van der Waals surface area contributed by atoms with Crippen molar-refractivity contribution in [2.45, 2.75) is 45.8 Å². The van der Waals surface area contributed by atoms with Gasteiger partial charge in [0.2, 0.25) is 0 Å². The minimum Gasteiger partial charge on any atom is -0.378 e. The number of rotatable bonds is 5. The van der Waals surface area contributed by atoms with Gasteiger partial charge in [-0.3, -0.25) is 0 Å². The van der Waals surface area contributed by atoms with Crippen LogP contribution in [-0.2, 0) is 9.57 Å². The second-order valence-corrected chi connectivity index (χ2v) is 3.91. The van der Waals surface area contributed by atoms with Crippen LogP contribution in [0.25, 0.3) is 0 Å². The maximum Gasteiger partial charge on any atom is 0.0660 e. The van der Waals surface area contributed by atoms with Crippen LogP contribution in [0.5, 0.6) is 0 Å². The molecule has 0 heterocycles. The van der Waals surface area contributed by atoms with Gasteiger partial charge in [-0.15, -0.1) is 0 Å². The van der Waals surface area contributed by atoms with E-state index in [0.29, 0.717) is 12.1 Å². The Labute approximate surface area is 80.7 Å². The summed E-state index contributed by atoms with van der Waals surface area (Å²) >= 11 is 0. The fraction of sp³-hybridized carbons (Fsp3) is 1.00. The van der Waals surface area contributed by atoms with Crippen molar-refractivity contribution in [1.82, 2.24) is 5.48 Å². The van der Waals surface area contributed by atoms with Crippen molar-refractivity contribution in [1.29, 1.82) is 0 Å². The third kappa shape index (κ3) is 1.87. The van der Waals surface area contributed by atoms with E-state index < -0.39 is 0 Å². The lowest BCUT2D eigenvalue weighted by Crippen LogP contribution is -2.61. The summed E-state index contributed by atoms with van der Waals surface area (Å²) in [7, 11) is 1.67. The molecule has 0 radical (unpaired) electrons. The van der Waals surface area contributed by atoms with Gasteiger partial charge in [0.1, 0.15) is 0 Å². The standard InChI is InChI=1S/C10H21NO2/c1-5-10(3)8(11-12-4)7-9(10)13-6-2/h8-9,11H,5-7H2,1-4H3. The molecule has 13 heavy (non-hydrogen) atoms. The molecular formula is C10H21NO2. The number of hydrogen-bond donors (Lipinski definition) is 1. The van der Waals surface area contributed by atoms with E-state index in [1.807, 2.05) is 6.92 Å². The monoisotopic (exact) mass is 187 g/mol. The van der Waals surface area contributed by atoms with Crippen molar-refractivity contribution in [3.8, 4) is 0 Å². The Morgan fingerprint density at radius 1 is 1.46 bits per heavy atom. The number of hydrogen-bond acceptors (Lipinski definition) is 3. The molecule has 0 aliphatic heterocycles. The lowest BCUT2D eigenvalue weighted by atomic mass is 9.62. The van der Waals surface area contributed by atoms with Gasteiger partial charge < -0.3 is 9.57 Å². The van der Waals surface area contributed by atoms with Crippen LogP contribution in [-0.4, -0.2) is 25.9 Å². The van der Waals surface area contributed by atoms with Gasteiger partial charge in [-0.2, -0.15) is 5.48 Å². The lowest BCUT2D eigenvalue weighted by molar-refractivity contribution is -0.158. The number of nitrogens with one attached hydrogen (secondary N) is 1. The molecule has 0 amide bonds. The zero-order valence-corrected chi connectivity index (χ0v) is 9.09. The highest BCUT2D eigenvalue weighted by molar-refractivity contribution is 5.03. The molecule has 1 aliphatic carbocycles. The molecule has 0 aromatic rings. The van der Waals surface area contributed by atoms with Gasteiger partial charge in [-0.25, -0.2) is 0 Å². The normalized spacial score (nSPS) is 38.8. The summed E-state index contributed by atoms with van der Waals surface area (Å²) in [5.41, 5.74) is 3.27. The average Bonchev–Trinajstić information content (AvgIpc) is 2.15. The maximum atomic E-state index is 5.67. The van der Waals surface area contributed by atoms with Crippen molar-refractivity contribution < 1.29 is 9.57 Å². The Morgan fingerprint density at radius 3 is 2.62 bits per heavy atom. The van der Waals surface area contributed by atoms with E-state index in [1.54, 1.807) is 7.11 Å². The summed E-state index contributed by atoms with van der Waals surface area (Å²) in [6, 6.07) is 0.444. The van der Waals surface area contributed by atoms with Gasteiger partial charge in [0, 0.05) is 18.1 Å². The summed E-state index contributed by atoms with van der Waals surface area (Å²) < 4.78 is 5.67. The second kappa shape index (κ2) is 4.40. The third-order valence-electron chi connectivity index (χ3n) is 3.37. The van der Waals surface area contributed by atoms with Gasteiger partial charge in [0.15, 0.2) is 0 Å². The first-order valence-electron chi connectivity index (χ1n) is 5.09. The molecule has 1 aliphatic rings. The predicted molar refractivity (Wildman–Crippen MR) is 52.4 cm³/mol. The van der Waals surface area contributed by atoms with Crippen molar-refractivity contribution in [2.24, 2.45) is 5.41 Å². The van der Waals surface area contributed by atoms with Crippen LogP contribution in [0.4, 0.5) is 0 Å². The SMILES string of the molecule is CCOC1CC(NOC)C1(C)CC. The van der Waals surface area contributed by atoms with Gasteiger partial charge in [0.05, 0.1) is 13.2 Å². The summed E-state index contributed by atoms with van der Waals surface area (Å²) in [6.07, 6.45) is 2.58. The minimum absolute atomic E-state index is 0.242. The molecule has 78 valence electrons. The molecule has 0 aromatic heterocycles. The second-order valence-electron chi connectivity index (χ2n) is 3.91. The Morgan fingerprint density at radius 2 is 2.15 bits per heavy atom. The first kappa shape index (κ1) is 11.0. The first-order chi connectivity index (χ1) is 6.19. The molecule has 1 N–H and O–H groups in total. The molecule has 3 unspecified atom stereocenters. The molecule has 0 saturated heterocycles. The fourth-order valence-electron chi connectivity index (χ4n) is 2.08. The highest BCUT2D eigenvalue weighted by Gasteiger charge is 2.51. The summed E-state index contributed by atoms with van der Waals surface area (Å²) in [5, 5.41) is 0. The largest absolute Gasteiger partial charge is 0.378 e. The van der Waals surface area contributed by atoms with Crippen molar-refractivity contribution in [3.05, 3.63) is 0 Å². The molecular weight excluding hydrogens is 166 g/mol. The third-order valence-corrected chi connectivity index (χ3v) is 3.37. The van der Waals surface area contributed by atoms with Crippen LogP contribution in [0, 0.1) is 5.41 Å². The van der Waals surface area contributed by atoms with Crippen LogP contribution in [0.1, 0.15) is 33.6 Å². The Bertz CT molecular complexity index is 149. The Balaban J connectivity index is 2.47. The summed E-state index contributed by atoms with van der Waals surface area (Å²) in [5.74, 6) is 0. The van der Waals surface area contributed by atoms with E-state index in [2.05, 4.69) is 19.3 Å². The molecule has 0 aromatic carbocycles. The van der Waals surface area contributed by atoms with E-state index in [-0.39, 0.29) is 5.41 Å². The molecule has 1 fully saturated rings. The Hall–Kier alpha value is -0.120. The van der Waals surface area contributed by atoms with Crippen LogP contribution in [0.2, 0.25) is 0 Å². The van der Waals surface area contributed by atoms with Gasteiger partial charge in [-0.1, -0.05) is 13.8 Å². The first-order valence-corrected chi connectivity index (χ1v) is 5.09. The average molecular weight is 187 g/mol. The smallest absolute Gasteiger partial charge is 0.0660 e. The number of ether oxygens (including phenoxy) is 1. The Kier molecular flexibility index (Phi) is 3.71. The van der Waals surface area contributed by atoms with Crippen molar-refractivity contribution >= 4 is 0 Å². The maximum absolute atomic E-state index is 5.67. The van der Waals surface area contributed by atoms with E-state index in [9.17, 15) is 0 Å². The van der Waals surface area contributed by atoms with Crippen molar-refractivity contribution in [3.63, 3.8) is 0 Å². The van der Waals surface area contributed by atoms with Crippen LogP contribution in [0.3, 0.4) is 0 Å².